The summed E-state index contributed by atoms with van der Waals surface area (Å²) in [6, 6.07) is 138. The van der Waals surface area contributed by atoms with E-state index >= 15 is 0 Å². The molecule has 0 aliphatic rings. The molecule has 524 valence electrons. The van der Waals surface area contributed by atoms with Gasteiger partial charge in [-0.2, -0.15) is 0 Å². The summed E-state index contributed by atoms with van der Waals surface area (Å²) in [5.41, 5.74) is 22.6. The molecule has 0 fully saturated rings. The molecule has 0 saturated heterocycles. The van der Waals surface area contributed by atoms with E-state index in [4.69, 9.17) is 29.9 Å². The lowest BCUT2D eigenvalue weighted by Crippen LogP contribution is -1.99. The van der Waals surface area contributed by atoms with Gasteiger partial charge in [-0.3, -0.25) is 0 Å². The largest absolute Gasteiger partial charge is 0.309 e. The topological polar surface area (TPSA) is 87.2 Å². The normalized spacial score (nSPS) is 11.6. The minimum Gasteiger partial charge on any atom is -0.309 e. The molecule has 22 aromatic rings. The highest BCUT2D eigenvalue weighted by atomic mass is 32.1. The molecule has 112 heavy (non-hydrogen) atoms. The van der Waals surface area contributed by atoms with Crippen molar-refractivity contribution in [3.8, 4) is 124 Å². The third kappa shape index (κ3) is 12.1. The number of hydrogen-bond donors (Lipinski definition) is 0. The molecular formula is C102H64N8S2. The average molecular weight is 1470 g/mol. The van der Waals surface area contributed by atoms with E-state index in [1.54, 1.807) is 22.7 Å². The summed E-state index contributed by atoms with van der Waals surface area (Å²) in [6.07, 6.45) is 0. The van der Waals surface area contributed by atoms with Gasteiger partial charge in [0.2, 0.25) is 0 Å². The summed E-state index contributed by atoms with van der Waals surface area (Å²) in [7, 11) is 0. The summed E-state index contributed by atoms with van der Waals surface area (Å²) < 4.78 is 9.64. The Morgan fingerprint density at radius 3 is 0.795 bits per heavy atom. The minimum absolute atomic E-state index is 0.664. The van der Waals surface area contributed by atoms with Gasteiger partial charge in [0, 0.05) is 107 Å². The second kappa shape index (κ2) is 28.0. The van der Waals surface area contributed by atoms with Gasteiger partial charge in [-0.15, -0.1) is 22.7 Å². The van der Waals surface area contributed by atoms with Crippen molar-refractivity contribution < 1.29 is 0 Å². The van der Waals surface area contributed by atoms with Crippen molar-refractivity contribution in [1.29, 1.82) is 0 Å². The monoisotopic (exact) mass is 1460 g/mol. The fourth-order valence-electron chi connectivity index (χ4n) is 15.8. The van der Waals surface area contributed by atoms with Crippen LogP contribution in [0.3, 0.4) is 0 Å². The van der Waals surface area contributed by atoms with Gasteiger partial charge in [0.1, 0.15) is 0 Å². The van der Waals surface area contributed by atoms with Crippen LogP contribution in [0.2, 0.25) is 0 Å². The fourth-order valence-corrected chi connectivity index (χ4v) is 18.1. The average Bonchev–Trinajstić information content (AvgIpc) is 1.59. The van der Waals surface area contributed by atoms with Crippen molar-refractivity contribution in [2.75, 3.05) is 0 Å². The van der Waals surface area contributed by atoms with Crippen molar-refractivity contribution in [2.24, 2.45) is 0 Å². The Bertz CT molecular complexity index is 7230. The van der Waals surface area contributed by atoms with Crippen molar-refractivity contribution in [3.05, 3.63) is 388 Å². The predicted molar refractivity (Wildman–Crippen MR) is 468 cm³/mol. The molecule has 0 aliphatic heterocycles. The summed E-state index contributed by atoms with van der Waals surface area (Å²) in [5, 5.41) is 9.99. The first-order valence-electron chi connectivity index (χ1n) is 37.5. The van der Waals surface area contributed by atoms with Gasteiger partial charge >= 0.3 is 0 Å². The Morgan fingerprint density at radius 1 is 0.152 bits per heavy atom. The van der Waals surface area contributed by atoms with Crippen LogP contribution in [0.1, 0.15) is 0 Å². The molecule has 10 heteroatoms. The quantitative estimate of drug-likeness (QED) is 0.121. The van der Waals surface area contributed by atoms with E-state index in [1.165, 1.54) is 140 Å². The molecule has 8 nitrogen and oxygen atoms in total. The highest BCUT2D eigenvalue weighted by Gasteiger charge is 2.21. The zero-order valence-electron chi connectivity index (χ0n) is 60.3. The van der Waals surface area contributed by atoms with Crippen LogP contribution in [0, 0.1) is 0 Å². The van der Waals surface area contributed by atoms with E-state index in [9.17, 15) is 0 Å². The molecule has 0 saturated carbocycles. The molecule has 22 rings (SSSR count). The number of rotatable bonds is 12. The molecule has 0 unspecified atom stereocenters. The number of thiophene rings is 2. The van der Waals surface area contributed by atoms with E-state index < -0.39 is 0 Å². The first-order valence-corrected chi connectivity index (χ1v) is 39.2. The van der Waals surface area contributed by atoms with Crippen LogP contribution in [0.4, 0.5) is 0 Å². The number of hydrogen-bond acceptors (Lipinski definition) is 8. The van der Waals surface area contributed by atoms with E-state index in [0.29, 0.717) is 34.9 Å². The van der Waals surface area contributed by atoms with Gasteiger partial charge in [-0.05, 0) is 148 Å². The Balaban J connectivity index is 0.000000141. The zero-order valence-corrected chi connectivity index (χ0v) is 62.0. The Hall–Kier alpha value is -14.4. The van der Waals surface area contributed by atoms with Crippen LogP contribution < -0.4 is 0 Å². The summed E-state index contributed by atoms with van der Waals surface area (Å²) in [4.78, 5) is 29.6. The van der Waals surface area contributed by atoms with E-state index in [1.807, 2.05) is 121 Å². The van der Waals surface area contributed by atoms with Crippen LogP contribution in [0.25, 0.3) is 208 Å². The minimum atomic E-state index is 0.664. The number of para-hydroxylation sites is 4. The van der Waals surface area contributed by atoms with Crippen LogP contribution in [-0.4, -0.2) is 39.0 Å². The smallest absolute Gasteiger partial charge is 0.164 e. The molecule has 0 atom stereocenters. The lowest BCUT2D eigenvalue weighted by molar-refractivity contribution is 1.07. The number of fused-ring (bicyclic) bond motifs is 12. The van der Waals surface area contributed by atoms with E-state index in [0.717, 1.165) is 33.4 Å². The maximum atomic E-state index is 4.97. The number of aromatic nitrogens is 8. The summed E-state index contributed by atoms with van der Waals surface area (Å²) >= 11 is 3.61. The maximum Gasteiger partial charge on any atom is 0.164 e. The SMILES string of the molecule is c1ccc(-c2nc(-c3ccccc3)nc(-c3ccc4c(c3)sc3ccc(-c5ccc(-c6ccc7c(c6)c6ccccc6n7-c6ccccc6)cc5)cc34)n2)cc1.c1ccc(-c2nc(-c3ccccc3)nc(-c3ccc4c(c3)sc3ccc(-c5cccc(-c6ccc7c(c6)c6ccccc6n7-c6ccccc6)c5)cc34)n2)cc1. The zero-order chi connectivity index (χ0) is 74.0. The molecule has 0 radical (unpaired) electrons. The Labute approximate surface area is 653 Å². The van der Waals surface area contributed by atoms with Crippen molar-refractivity contribution in [2.45, 2.75) is 0 Å². The first-order chi connectivity index (χ1) is 55.5. The van der Waals surface area contributed by atoms with E-state index in [2.05, 4.69) is 276 Å². The van der Waals surface area contributed by atoms with Crippen molar-refractivity contribution in [1.82, 2.24) is 39.0 Å². The predicted octanol–water partition coefficient (Wildman–Crippen LogP) is 27.3. The van der Waals surface area contributed by atoms with Crippen LogP contribution in [0.15, 0.2) is 388 Å². The highest BCUT2D eigenvalue weighted by Crippen LogP contribution is 2.44. The van der Waals surface area contributed by atoms with Crippen LogP contribution >= 0.6 is 22.7 Å². The number of nitrogens with zero attached hydrogens (tertiary/aromatic N) is 8. The molecule has 6 heterocycles. The second-order valence-electron chi connectivity index (χ2n) is 28.1. The second-order valence-corrected chi connectivity index (χ2v) is 30.3. The first kappa shape index (κ1) is 65.8. The molecular weight excluding hydrogens is 1400 g/mol. The third-order valence-corrected chi connectivity index (χ3v) is 23.6. The van der Waals surface area contributed by atoms with Gasteiger partial charge < -0.3 is 9.13 Å². The van der Waals surface area contributed by atoms with Gasteiger partial charge in [0.25, 0.3) is 0 Å². The molecule has 0 spiro atoms. The summed E-state index contributed by atoms with van der Waals surface area (Å²) in [5.74, 6) is 3.99. The number of benzene rings is 16. The molecule has 6 aromatic heterocycles. The lowest BCUT2D eigenvalue weighted by Gasteiger charge is -2.09. The van der Waals surface area contributed by atoms with Crippen molar-refractivity contribution >= 4 is 107 Å². The van der Waals surface area contributed by atoms with Gasteiger partial charge in [-0.25, -0.2) is 29.9 Å². The molecule has 0 N–H and O–H groups in total. The third-order valence-electron chi connectivity index (χ3n) is 21.3. The van der Waals surface area contributed by atoms with Crippen LogP contribution in [-0.2, 0) is 0 Å². The van der Waals surface area contributed by atoms with Gasteiger partial charge in [0.15, 0.2) is 34.9 Å². The maximum absolute atomic E-state index is 4.97. The van der Waals surface area contributed by atoms with E-state index in [-0.39, 0.29) is 0 Å². The highest BCUT2D eigenvalue weighted by molar-refractivity contribution is 7.26. The molecule has 0 bridgehead atoms. The van der Waals surface area contributed by atoms with Crippen molar-refractivity contribution in [3.63, 3.8) is 0 Å². The molecule has 16 aromatic carbocycles. The van der Waals surface area contributed by atoms with Gasteiger partial charge in [-0.1, -0.05) is 285 Å². The van der Waals surface area contributed by atoms with Gasteiger partial charge in [0.05, 0.1) is 22.1 Å². The standard InChI is InChI=1S/2C51H32N4S/c1-4-13-33(14-5-1)49-52-50(34-15-6-2-7-16-34)54-51(53-49)39-23-26-42-44-31-38(25-28-47(44)56-48(42)32-39)36-18-12-17-35(29-36)37-24-27-46-43(30-37)41-21-10-11-22-45(41)55(46)40-19-8-3-9-20-40;1-4-12-35(13-5-1)49-52-50(36-14-6-2-7-15-36)54-51(53-49)39-24-27-42-44-31-38(26-29-47(44)56-48(42)32-39)34-22-20-33(21-23-34)37-25-28-46-43(30-37)41-18-10-11-19-45(41)55(46)40-16-8-3-9-17-40/h2*1-32H. The Kier molecular flexibility index (Phi) is 16.4. The lowest BCUT2D eigenvalue weighted by atomic mass is 9.97. The van der Waals surface area contributed by atoms with Crippen LogP contribution in [0.5, 0.6) is 0 Å². The molecule has 0 aliphatic carbocycles. The Morgan fingerprint density at radius 2 is 0.420 bits per heavy atom. The fraction of sp³-hybridized carbons (Fsp3) is 0. The summed E-state index contributed by atoms with van der Waals surface area (Å²) in [6.45, 7) is 0. The molecule has 0 amide bonds.